The van der Waals surface area contributed by atoms with Crippen molar-refractivity contribution in [3.8, 4) is 0 Å². The fourth-order valence-electron chi connectivity index (χ4n) is 3.50. The van der Waals surface area contributed by atoms with Crippen molar-refractivity contribution in [2.45, 2.75) is 25.8 Å². The molecule has 0 bridgehead atoms. The first-order valence-corrected chi connectivity index (χ1v) is 8.55. The zero-order chi connectivity index (χ0) is 17.6. The Bertz CT molecular complexity index is 971. The average Bonchev–Trinajstić information content (AvgIpc) is 3.03. The fourth-order valence-corrected chi connectivity index (χ4v) is 3.64. The van der Waals surface area contributed by atoms with Gasteiger partial charge in [0.05, 0.1) is 17.3 Å². The Morgan fingerprint density at radius 1 is 1.44 bits per heavy atom. The SMILES string of the molecule is CCC1c2c(F)cccc2CCN1C(=O)c1cc2ncc(Cl)cn2n1. The third-order valence-electron chi connectivity index (χ3n) is 4.62. The Kier molecular flexibility index (Phi) is 3.92. The minimum absolute atomic E-state index is 0.220. The lowest BCUT2D eigenvalue weighted by molar-refractivity contribution is 0.0645. The summed E-state index contributed by atoms with van der Waals surface area (Å²) in [6.07, 6.45) is 4.38. The molecule has 7 heteroatoms. The van der Waals surface area contributed by atoms with Crippen molar-refractivity contribution >= 4 is 23.2 Å². The van der Waals surface area contributed by atoms with Crippen LogP contribution in [0.5, 0.6) is 0 Å². The molecule has 4 rings (SSSR count). The Balaban J connectivity index is 1.72. The second-order valence-electron chi connectivity index (χ2n) is 6.09. The van der Waals surface area contributed by atoms with Gasteiger partial charge in [0.15, 0.2) is 11.3 Å². The largest absolute Gasteiger partial charge is 0.330 e. The topological polar surface area (TPSA) is 50.5 Å². The van der Waals surface area contributed by atoms with Gasteiger partial charge in [-0.15, -0.1) is 0 Å². The van der Waals surface area contributed by atoms with Crippen molar-refractivity contribution in [3.05, 3.63) is 64.3 Å². The first-order valence-electron chi connectivity index (χ1n) is 8.17. The van der Waals surface area contributed by atoms with Crippen molar-refractivity contribution in [1.29, 1.82) is 0 Å². The van der Waals surface area contributed by atoms with Gasteiger partial charge in [-0.25, -0.2) is 13.9 Å². The van der Waals surface area contributed by atoms with Gasteiger partial charge in [0, 0.05) is 24.4 Å². The van der Waals surface area contributed by atoms with Crippen LogP contribution in [0.4, 0.5) is 4.39 Å². The number of hydrogen-bond acceptors (Lipinski definition) is 3. The smallest absolute Gasteiger partial charge is 0.274 e. The molecule has 5 nitrogen and oxygen atoms in total. The van der Waals surface area contributed by atoms with Crippen LogP contribution in [0.1, 0.15) is 41.0 Å². The highest BCUT2D eigenvalue weighted by Gasteiger charge is 2.33. The molecule has 0 radical (unpaired) electrons. The molecule has 1 aliphatic heterocycles. The van der Waals surface area contributed by atoms with Gasteiger partial charge in [-0.05, 0) is 24.5 Å². The highest BCUT2D eigenvalue weighted by Crippen LogP contribution is 2.34. The molecule has 1 atom stereocenters. The van der Waals surface area contributed by atoms with E-state index in [4.69, 9.17) is 11.6 Å². The van der Waals surface area contributed by atoms with Crippen LogP contribution in [-0.4, -0.2) is 31.9 Å². The maximum Gasteiger partial charge on any atom is 0.274 e. The average molecular weight is 359 g/mol. The Morgan fingerprint density at radius 3 is 3.08 bits per heavy atom. The predicted molar refractivity (Wildman–Crippen MR) is 92.2 cm³/mol. The highest BCUT2D eigenvalue weighted by molar-refractivity contribution is 6.30. The summed E-state index contributed by atoms with van der Waals surface area (Å²) in [5.74, 6) is -0.479. The predicted octanol–water partition coefficient (Wildman–Crippen LogP) is 3.67. The Morgan fingerprint density at radius 2 is 2.28 bits per heavy atom. The van der Waals surface area contributed by atoms with Crippen molar-refractivity contribution < 1.29 is 9.18 Å². The molecule has 1 aromatic carbocycles. The fraction of sp³-hybridized carbons (Fsp3) is 0.278. The van der Waals surface area contributed by atoms with Crippen LogP contribution in [0, 0.1) is 5.82 Å². The van der Waals surface area contributed by atoms with E-state index in [1.165, 1.54) is 16.8 Å². The van der Waals surface area contributed by atoms with E-state index in [0.29, 0.717) is 35.6 Å². The number of rotatable bonds is 2. The summed E-state index contributed by atoms with van der Waals surface area (Å²) in [6.45, 7) is 2.49. The van der Waals surface area contributed by atoms with Crippen LogP contribution < -0.4 is 0 Å². The minimum atomic E-state index is -0.293. The molecule has 1 unspecified atom stereocenters. The van der Waals surface area contributed by atoms with Gasteiger partial charge in [-0.1, -0.05) is 30.7 Å². The molecule has 25 heavy (non-hydrogen) atoms. The lowest BCUT2D eigenvalue weighted by Gasteiger charge is -2.36. The van der Waals surface area contributed by atoms with Crippen molar-refractivity contribution in [1.82, 2.24) is 19.5 Å². The van der Waals surface area contributed by atoms with Crippen LogP contribution in [-0.2, 0) is 6.42 Å². The minimum Gasteiger partial charge on any atom is -0.330 e. The second-order valence-corrected chi connectivity index (χ2v) is 6.53. The molecule has 0 spiro atoms. The molecule has 3 aromatic rings. The van der Waals surface area contributed by atoms with Gasteiger partial charge in [-0.3, -0.25) is 4.79 Å². The molecule has 0 aliphatic carbocycles. The van der Waals surface area contributed by atoms with Crippen LogP contribution >= 0.6 is 11.6 Å². The van der Waals surface area contributed by atoms with E-state index < -0.39 is 0 Å². The van der Waals surface area contributed by atoms with E-state index in [2.05, 4.69) is 10.1 Å². The van der Waals surface area contributed by atoms with Gasteiger partial charge >= 0.3 is 0 Å². The number of halogens is 2. The molecule has 128 valence electrons. The van der Waals surface area contributed by atoms with E-state index >= 15 is 0 Å². The summed E-state index contributed by atoms with van der Waals surface area (Å²) in [5, 5.41) is 4.72. The molecule has 0 saturated heterocycles. The summed E-state index contributed by atoms with van der Waals surface area (Å²) in [7, 11) is 0. The second kappa shape index (κ2) is 6.11. The zero-order valence-electron chi connectivity index (χ0n) is 13.6. The third kappa shape index (κ3) is 2.66. The number of amides is 1. The molecule has 0 fully saturated rings. The van der Waals surface area contributed by atoms with Crippen LogP contribution in [0.2, 0.25) is 5.02 Å². The molecule has 1 amide bonds. The summed E-state index contributed by atoms with van der Waals surface area (Å²) in [6, 6.07) is 6.43. The highest BCUT2D eigenvalue weighted by atomic mass is 35.5. The number of aromatic nitrogens is 3. The molecule has 2 aromatic heterocycles. The number of carbonyl (C=O) groups is 1. The lowest BCUT2D eigenvalue weighted by atomic mass is 9.90. The van der Waals surface area contributed by atoms with Gasteiger partial charge < -0.3 is 4.90 Å². The van der Waals surface area contributed by atoms with Crippen LogP contribution in [0.3, 0.4) is 0 Å². The molecule has 0 N–H and O–H groups in total. The monoisotopic (exact) mass is 358 g/mol. The number of nitrogens with zero attached hydrogens (tertiary/aromatic N) is 4. The first-order chi connectivity index (χ1) is 12.1. The van der Waals surface area contributed by atoms with Gasteiger partial charge in [0.25, 0.3) is 5.91 Å². The van der Waals surface area contributed by atoms with Crippen LogP contribution in [0.25, 0.3) is 5.65 Å². The molecule has 0 saturated carbocycles. The Labute approximate surface area is 149 Å². The van der Waals surface area contributed by atoms with E-state index in [0.717, 1.165) is 5.56 Å². The van der Waals surface area contributed by atoms with Gasteiger partial charge in [0.1, 0.15) is 5.82 Å². The zero-order valence-corrected chi connectivity index (χ0v) is 14.4. The summed E-state index contributed by atoms with van der Waals surface area (Å²) < 4.78 is 15.9. The maximum absolute atomic E-state index is 14.4. The molecular weight excluding hydrogens is 343 g/mol. The summed E-state index contributed by atoms with van der Waals surface area (Å²) >= 11 is 5.92. The van der Waals surface area contributed by atoms with Crippen molar-refractivity contribution in [2.75, 3.05) is 6.54 Å². The molecule has 3 heterocycles. The van der Waals surface area contributed by atoms with E-state index in [1.54, 1.807) is 23.2 Å². The van der Waals surface area contributed by atoms with E-state index in [9.17, 15) is 9.18 Å². The first kappa shape index (κ1) is 16.0. The Hall–Kier alpha value is -2.47. The van der Waals surface area contributed by atoms with E-state index in [-0.39, 0.29) is 23.5 Å². The summed E-state index contributed by atoms with van der Waals surface area (Å²) in [4.78, 5) is 18.9. The number of hydrogen-bond donors (Lipinski definition) is 0. The van der Waals surface area contributed by atoms with Gasteiger partial charge in [0.2, 0.25) is 0 Å². The lowest BCUT2D eigenvalue weighted by Crippen LogP contribution is -2.40. The third-order valence-corrected chi connectivity index (χ3v) is 4.82. The van der Waals surface area contributed by atoms with Gasteiger partial charge in [-0.2, -0.15) is 5.10 Å². The quantitative estimate of drug-likeness (QED) is 0.702. The maximum atomic E-state index is 14.4. The summed E-state index contributed by atoms with van der Waals surface area (Å²) in [5.41, 5.74) is 2.42. The van der Waals surface area contributed by atoms with Crippen molar-refractivity contribution in [3.63, 3.8) is 0 Å². The molecular formula is C18H16ClFN4O. The standard InChI is InChI=1S/C18H16ClFN4O/c1-2-15-17-11(4-3-5-13(17)20)6-7-23(15)18(25)14-8-16-21-9-12(19)10-24(16)22-14/h3-5,8-10,15H,2,6-7H2,1H3. The number of fused-ring (bicyclic) bond motifs is 2. The number of carbonyl (C=O) groups excluding carboxylic acids is 1. The van der Waals surface area contributed by atoms with Crippen LogP contribution in [0.15, 0.2) is 36.7 Å². The van der Waals surface area contributed by atoms with E-state index in [1.807, 2.05) is 13.0 Å². The number of benzene rings is 1. The molecule has 1 aliphatic rings. The van der Waals surface area contributed by atoms with Crippen molar-refractivity contribution in [2.24, 2.45) is 0 Å². The normalized spacial score (nSPS) is 16.9.